The van der Waals surface area contributed by atoms with Crippen LogP contribution in [0.4, 0.5) is 11.6 Å². The molecule has 4 heterocycles. The van der Waals surface area contributed by atoms with Crippen LogP contribution in [0, 0.1) is 27.7 Å². The Kier molecular flexibility index (Phi) is 18.6. The van der Waals surface area contributed by atoms with Crippen LogP contribution in [0.2, 0.25) is 0 Å². The second-order valence-corrected chi connectivity index (χ2v) is 6.04. The maximum absolute atomic E-state index is 11.0. The van der Waals surface area contributed by atoms with Gasteiger partial charge >= 0.3 is 11.4 Å². The molecule has 0 saturated carbocycles. The molecule has 0 spiro atoms. The van der Waals surface area contributed by atoms with Crippen LogP contribution in [0.3, 0.4) is 0 Å². The van der Waals surface area contributed by atoms with E-state index in [-0.39, 0.29) is 74.9 Å². The highest BCUT2D eigenvalue weighted by molar-refractivity contribution is 5.81. The summed E-state index contributed by atoms with van der Waals surface area (Å²) in [5.74, 6) is 0.409. The van der Waals surface area contributed by atoms with Crippen LogP contribution in [0.15, 0.2) is 9.59 Å². The number of nitrogens with zero attached hydrogens (tertiary/aromatic N) is 6. The lowest BCUT2D eigenvalue weighted by molar-refractivity contribution is 1.03. The summed E-state index contributed by atoms with van der Waals surface area (Å²) in [7, 11) is 0. The molecule has 0 radical (unpaired) electrons. The summed E-state index contributed by atoms with van der Waals surface area (Å²) in [5, 5.41) is 0. The quantitative estimate of drug-likeness (QED) is 0.274. The largest absolute Gasteiger partial charge is 0.383 e. The van der Waals surface area contributed by atoms with Gasteiger partial charge in [0.1, 0.15) is 22.7 Å². The fraction of sp³-hybridized carbons (Fsp3) is 0.478. The Bertz CT molecular complexity index is 1230. The standard InChI is InChI=1S/2C8H9N5O.7CH4/c2*1-3-4(2)11-7-5(10-3)6(9)12-8(14)13-7;;;;;;;/h2*1-2H3,(H3,9,11,12,13,14);7*1H4. The Balaban J connectivity index is -0.000000143. The second kappa shape index (κ2) is 15.8. The van der Waals surface area contributed by atoms with Gasteiger partial charge in [-0.3, -0.25) is 9.97 Å². The van der Waals surface area contributed by atoms with Crippen molar-refractivity contribution in [2.24, 2.45) is 0 Å². The smallest absolute Gasteiger partial charge is 0.348 e. The third-order valence-electron chi connectivity index (χ3n) is 3.99. The number of fused-ring (bicyclic) bond motifs is 2. The molecular weight excluding hydrogens is 448 g/mol. The molecule has 0 aliphatic carbocycles. The first-order valence-electron chi connectivity index (χ1n) is 8.17. The minimum Gasteiger partial charge on any atom is -0.383 e. The Morgan fingerprint density at radius 1 is 0.486 bits per heavy atom. The van der Waals surface area contributed by atoms with Gasteiger partial charge in [0.15, 0.2) is 11.3 Å². The number of rotatable bonds is 0. The third kappa shape index (κ3) is 8.72. The van der Waals surface area contributed by atoms with E-state index in [2.05, 4.69) is 39.9 Å². The van der Waals surface area contributed by atoms with Gasteiger partial charge in [0.25, 0.3) is 0 Å². The molecule has 0 aliphatic rings. The zero-order valence-corrected chi connectivity index (χ0v) is 15.7. The average molecular weight is 495 g/mol. The molecule has 35 heavy (non-hydrogen) atoms. The highest BCUT2D eigenvalue weighted by Gasteiger charge is 2.07. The Morgan fingerprint density at radius 3 is 1.03 bits per heavy atom. The molecule has 0 bridgehead atoms. The molecule has 0 amide bonds. The first kappa shape index (κ1) is 41.3. The maximum Gasteiger partial charge on any atom is 0.348 e. The van der Waals surface area contributed by atoms with Crippen molar-refractivity contribution in [1.29, 1.82) is 0 Å². The summed E-state index contributed by atoms with van der Waals surface area (Å²) >= 11 is 0. The van der Waals surface area contributed by atoms with Crippen LogP contribution in [-0.4, -0.2) is 39.9 Å². The van der Waals surface area contributed by atoms with E-state index in [4.69, 9.17) is 11.5 Å². The molecule has 200 valence electrons. The Hall–Kier alpha value is -3.96. The summed E-state index contributed by atoms with van der Waals surface area (Å²) in [5.41, 5.74) is 14.6. The van der Waals surface area contributed by atoms with E-state index in [1.807, 2.05) is 13.8 Å². The minimum absolute atomic E-state index is 0. The van der Waals surface area contributed by atoms with E-state index in [9.17, 15) is 9.59 Å². The van der Waals surface area contributed by atoms with E-state index in [1.165, 1.54) is 0 Å². The lowest BCUT2D eigenvalue weighted by Crippen LogP contribution is -2.14. The highest BCUT2D eigenvalue weighted by Crippen LogP contribution is 2.13. The van der Waals surface area contributed by atoms with Gasteiger partial charge in [0.05, 0.1) is 22.8 Å². The number of hydrogen-bond acceptors (Lipinski definition) is 10. The summed E-state index contributed by atoms with van der Waals surface area (Å²) in [6.07, 6.45) is 0. The monoisotopic (exact) mass is 494 g/mol. The number of hydrogen-bond donors (Lipinski definition) is 4. The van der Waals surface area contributed by atoms with Crippen molar-refractivity contribution in [3.63, 3.8) is 0 Å². The van der Waals surface area contributed by atoms with Crippen molar-refractivity contribution in [2.75, 3.05) is 11.5 Å². The van der Waals surface area contributed by atoms with Crippen molar-refractivity contribution in [2.45, 2.75) is 79.7 Å². The predicted octanol–water partition coefficient (Wildman–Crippen LogP) is 4.28. The van der Waals surface area contributed by atoms with E-state index in [0.29, 0.717) is 11.0 Å². The van der Waals surface area contributed by atoms with Crippen LogP contribution in [0.1, 0.15) is 74.8 Å². The average Bonchev–Trinajstić information content (AvgIpc) is 2.59. The SMILES string of the molecule is C.C.C.C.C.C.C.Cc1nc2nc(=O)[nH]c(N)c2nc1C.Cc1nc2nc(=O)[nH]c(N)c2nc1C. The first-order valence-corrected chi connectivity index (χ1v) is 8.17. The Morgan fingerprint density at radius 2 is 0.743 bits per heavy atom. The van der Waals surface area contributed by atoms with Crippen molar-refractivity contribution in [3.05, 3.63) is 43.7 Å². The van der Waals surface area contributed by atoms with Crippen molar-refractivity contribution >= 4 is 34.0 Å². The molecule has 0 aromatic carbocycles. The fourth-order valence-electron chi connectivity index (χ4n) is 2.30. The van der Waals surface area contributed by atoms with Crippen LogP contribution in [0.5, 0.6) is 0 Å². The summed E-state index contributed by atoms with van der Waals surface area (Å²) in [4.78, 5) is 50.7. The minimum atomic E-state index is -0.507. The molecule has 0 aliphatic heterocycles. The summed E-state index contributed by atoms with van der Waals surface area (Å²) < 4.78 is 0. The molecule has 12 heteroatoms. The van der Waals surface area contributed by atoms with Crippen molar-refractivity contribution in [1.82, 2.24) is 39.9 Å². The number of H-pyrrole nitrogens is 2. The molecule has 4 rings (SSSR count). The molecular formula is C23H46N10O2. The number of anilines is 2. The zero-order chi connectivity index (χ0) is 20.6. The lowest BCUT2D eigenvalue weighted by atomic mass is 10.3. The fourth-order valence-corrected chi connectivity index (χ4v) is 2.30. The molecule has 4 aromatic rings. The second-order valence-electron chi connectivity index (χ2n) is 6.04. The van der Waals surface area contributed by atoms with Gasteiger partial charge < -0.3 is 11.5 Å². The predicted molar refractivity (Wildman–Crippen MR) is 151 cm³/mol. The maximum atomic E-state index is 11.0. The first-order chi connectivity index (χ1) is 13.2. The molecule has 0 unspecified atom stereocenters. The van der Waals surface area contributed by atoms with Crippen molar-refractivity contribution in [3.8, 4) is 0 Å². The van der Waals surface area contributed by atoms with Gasteiger partial charge in [-0.15, -0.1) is 0 Å². The van der Waals surface area contributed by atoms with E-state index >= 15 is 0 Å². The molecule has 0 atom stereocenters. The molecule has 0 fully saturated rings. The molecule has 6 N–H and O–H groups in total. The van der Waals surface area contributed by atoms with Gasteiger partial charge in [-0.2, -0.15) is 9.97 Å². The Labute approximate surface area is 209 Å². The third-order valence-corrected chi connectivity index (χ3v) is 3.99. The van der Waals surface area contributed by atoms with Crippen LogP contribution in [-0.2, 0) is 0 Å². The van der Waals surface area contributed by atoms with Crippen molar-refractivity contribution < 1.29 is 0 Å². The summed E-state index contributed by atoms with van der Waals surface area (Å²) in [6.45, 7) is 7.26. The van der Waals surface area contributed by atoms with Crippen LogP contribution in [0.25, 0.3) is 22.3 Å². The van der Waals surface area contributed by atoms with Gasteiger partial charge in [-0.1, -0.05) is 52.0 Å². The highest BCUT2D eigenvalue weighted by atomic mass is 16.1. The van der Waals surface area contributed by atoms with Crippen LogP contribution < -0.4 is 22.8 Å². The number of aromatic amines is 2. The van der Waals surface area contributed by atoms with Gasteiger partial charge in [0, 0.05) is 0 Å². The number of nitrogens with one attached hydrogen (secondary N) is 2. The number of nitrogen functional groups attached to an aromatic ring is 2. The van der Waals surface area contributed by atoms with Gasteiger partial charge in [0.2, 0.25) is 0 Å². The van der Waals surface area contributed by atoms with Crippen LogP contribution >= 0.6 is 0 Å². The van der Waals surface area contributed by atoms with Gasteiger partial charge in [-0.05, 0) is 27.7 Å². The normalized spacial score (nSPS) is 8.57. The molecule has 12 nitrogen and oxygen atoms in total. The van der Waals surface area contributed by atoms with Gasteiger partial charge in [-0.25, -0.2) is 29.5 Å². The number of aromatic nitrogens is 8. The number of nitrogens with two attached hydrogens (primary N) is 2. The van der Waals surface area contributed by atoms with E-state index < -0.39 is 11.4 Å². The lowest BCUT2D eigenvalue weighted by Gasteiger charge is -2.02. The number of aryl methyl sites for hydroxylation is 4. The molecule has 4 aromatic heterocycles. The topological polar surface area (TPSA) is 195 Å². The van der Waals surface area contributed by atoms with E-state index in [0.717, 1.165) is 22.8 Å². The molecule has 0 saturated heterocycles. The summed E-state index contributed by atoms with van der Waals surface area (Å²) in [6, 6.07) is 0. The zero-order valence-electron chi connectivity index (χ0n) is 15.7. The van der Waals surface area contributed by atoms with E-state index in [1.54, 1.807) is 13.8 Å².